The van der Waals surface area contributed by atoms with Crippen molar-refractivity contribution in [1.29, 1.82) is 0 Å². The molecule has 0 saturated carbocycles. The minimum Gasteiger partial charge on any atom is -0.394 e. The molecule has 0 aliphatic carbocycles. The van der Waals surface area contributed by atoms with Gasteiger partial charge >= 0.3 is 0 Å². The molecule has 1 aliphatic rings. The number of aliphatic hydroxyl groups is 1. The van der Waals surface area contributed by atoms with E-state index in [0.29, 0.717) is 31.3 Å². The lowest BCUT2D eigenvalue weighted by atomic mass is 10.3. The van der Waals surface area contributed by atoms with Crippen LogP contribution in [0.5, 0.6) is 0 Å². The molecule has 1 aromatic carbocycles. The maximum absolute atomic E-state index is 12.2. The van der Waals surface area contributed by atoms with Crippen LogP contribution in [0.15, 0.2) is 29.2 Å². The molecule has 0 bridgehead atoms. The van der Waals surface area contributed by atoms with E-state index < -0.39 is 28.6 Å². The number of hydrogen-bond donors (Lipinski definition) is 3. The van der Waals surface area contributed by atoms with Gasteiger partial charge in [-0.25, -0.2) is 13.4 Å². The number of sulfonamides is 1. The Kier molecular flexibility index (Phi) is 6.33. The molecular formula is C13H18ClN3O5S. The van der Waals surface area contributed by atoms with Gasteiger partial charge in [0.05, 0.1) is 24.7 Å². The van der Waals surface area contributed by atoms with Crippen molar-refractivity contribution in [2.24, 2.45) is 0 Å². The van der Waals surface area contributed by atoms with Gasteiger partial charge in [0.1, 0.15) is 6.04 Å². The monoisotopic (exact) mass is 363 g/mol. The summed E-state index contributed by atoms with van der Waals surface area (Å²) in [6, 6.07) is 4.20. The second kappa shape index (κ2) is 8.04. The molecule has 128 valence electrons. The molecule has 0 unspecified atom stereocenters. The van der Waals surface area contributed by atoms with Crippen LogP contribution in [0, 0.1) is 0 Å². The lowest BCUT2D eigenvalue weighted by Crippen LogP contribution is -2.56. The van der Waals surface area contributed by atoms with E-state index in [0.717, 1.165) is 0 Å². The SMILES string of the molecule is O=C(NN1CCOCC1)[C@H](CO)NS(=O)(=O)c1ccc(Cl)cc1. The summed E-state index contributed by atoms with van der Waals surface area (Å²) in [5, 5.41) is 11.3. The van der Waals surface area contributed by atoms with E-state index in [1.54, 1.807) is 5.01 Å². The van der Waals surface area contributed by atoms with E-state index in [2.05, 4.69) is 10.1 Å². The van der Waals surface area contributed by atoms with Gasteiger partial charge in [-0.2, -0.15) is 4.72 Å². The first-order chi connectivity index (χ1) is 10.9. The number of morpholine rings is 1. The molecule has 1 aromatic rings. The topological polar surface area (TPSA) is 108 Å². The minimum absolute atomic E-state index is 0.0421. The second-order valence-electron chi connectivity index (χ2n) is 4.89. The molecule has 1 heterocycles. The van der Waals surface area contributed by atoms with E-state index in [9.17, 15) is 18.3 Å². The Morgan fingerprint density at radius 3 is 2.48 bits per heavy atom. The number of hydrogen-bond acceptors (Lipinski definition) is 6. The first-order valence-electron chi connectivity index (χ1n) is 6.94. The largest absolute Gasteiger partial charge is 0.394 e. The molecule has 1 saturated heterocycles. The Labute approximate surface area is 139 Å². The van der Waals surface area contributed by atoms with Crippen molar-refractivity contribution in [2.75, 3.05) is 32.9 Å². The molecule has 1 aliphatic heterocycles. The van der Waals surface area contributed by atoms with Gasteiger partial charge in [-0.05, 0) is 24.3 Å². The maximum atomic E-state index is 12.2. The van der Waals surface area contributed by atoms with E-state index in [4.69, 9.17) is 16.3 Å². The Hall–Kier alpha value is -1.23. The first kappa shape index (κ1) is 18.1. The van der Waals surface area contributed by atoms with Gasteiger partial charge in [-0.15, -0.1) is 0 Å². The standard InChI is InChI=1S/C13H18ClN3O5S/c14-10-1-3-11(4-2-10)23(20,21)16-12(9-18)13(19)15-17-5-7-22-8-6-17/h1-4,12,16,18H,5-9H2,(H,15,19)/t12-/m0/s1. The van der Waals surface area contributed by atoms with Gasteiger partial charge < -0.3 is 9.84 Å². The number of carbonyl (C=O) groups excluding carboxylic acids is 1. The van der Waals surface area contributed by atoms with Crippen molar-refractivity contribution >= 4 is 27.5 Å². The second-order valence-corrected chi connectivity index (χ2v) is 7.04. The molecule has 1 atom stereocenters. The van der Waals surface area contributed by atoms with Crippen LogP contribution in [0.3, 0.4) is 0 Å². The smallest absolute Gasteiger partial charge is 0.254 e. The summed E-state index contributed by atoms with van der Waals surface area (Å²) >= 11 is 5.72. The molecule has 0 aromatic heterocycles. The fraction of sp³-hybridized carbons (Fsp3) is 0.462. The van der Waals surface area contributed by atoms with E-state index in [-0.39, 0.29) is 4.90 Å². The zero-order valence-corrected chi connectivity index (χ0v) is 13.8. The molecule has 23 heavy (non-hydrogen) atoms. The van der Waals surface area contributed by atoms with E-state index >= 15 is 0 Å². The lowest BCUT2D eigenvalue weighted by molar-refractivity contribution is -0.130. The van der Waals surface area contributed by atoms with Crippen LogP contribution in [-0.2, 0) is 19.6 Å². The van der Waals surface area contributed by atoms with Gasteiger partial charge in [0.15, 0.2) is 0 Å². The van der Waals surface area contributed by atoms with Crippen molar-refractivity contribution < 1.29 is 23.1 Å². The van der Waals surface area contributed by atoms with Gasteiger partial charge in [0.25, 0.3) is 5.91 Å². The Balaban J connectivity index is 2.02. The number of amides is 1. The van der Waals surface area contributed by atoms with Crippen LogP contribution in [0.1, 0.15) is 0 Å². The molecule has 0 radical (unpaired) electrons. The van der Waals surface area contributed by atoms with Crippen LogP contribution in [-0.4, -0.2) is 63.4 Å². The number of hydrazine groups is 1. The van der Waals surface area contributed by atoms with Gasteiger partial charge in [0, 0.05) is 18.1 Å². The van der Waals surface area contributed by atoms with Gasteiger partial charge in [-0.1, -0.05) is 11.6 Å². The summed E-state index contributed by atoms with van der Waals surface area (Å²) in [6.45, 7) is 1.27. The third kappa shape index (κ3) is 5.13. The normalized spacial score (nSPS) is 17.7. The summed E-state index contributed by atoms with van der Waals surface area (Å²) in [4.78, 5) is 12.1. The highest BCUT2D eigenvalue weighted by atomic mass is 35.5. The summed E-state index contributed by atoms with van der Waals surface area (Å²) in [6.07, 6.45) is 0. The highest BCUT2D eigenvalue weighted by Gasteiger charge is 2.26. The number of rotatable bonds is 6. The zero-order chi connectivity index (χ0) is 16.9. The van der Waals surface area contributed by atoms with Crippen molar-refractivity contribution in [1.82, 2.24) is 15.2 Å². The van der Waals surface area contributed by atoms with Crippen molar-refractivity contribution in [3.05, 3.63) is 29.3 Å². The average Bonchev–Trinajstić information content (AvgIpc) is 2.54. The molecule has 10 heteroatoms. The maximum Gasteiger partial charge on any atom is 0.254 e. The Morgan fingerprint density at radius 2 is 1.91 bits per heavy atom. The fourth-order valence-corrected chi connectivity index (χ4v) is 3.26. The highest BCUT2D eigenvalue weighted by Crippen LogP contribution is 2.14. The van der Waals surface area contributed by atoms with E-state index in [1.165, 1.54) is 24.3 Å². The van der Waals surface area contributed by atoms with Crippen LogP contribution in [0.4, 0.5) is 0 Å². The molecule has 2 rings (SSSR count). The predicted octanol–water partition coefficient (Wildman–Crippen LogP) is -0.657. The minimum atomic E-state index is -3.95. The Morgan fingerprint density at radius 1 is 1.30 bits per heavy atom. The summed E-state index contributed by atoms with van der Waals surface area (Å²) < 4.78 is 31.8. The van der Waals surface area contributed by atoms with Crippen LogP contribution in [0.2, 0.25) is 5.02 Å². The van der Waals surface area contributed by atoms with Crippen molar-refractivity contribution in [3.8, 4) is 0 Å². The third-order valence-electron chi connectivity index (χ3n) is 3.20. The van der Waals surface area contributed by atoms with Crippen molar-refractivity contribution in [3.63, 3.8) is 0 Å². The predicted molar refractivity (Wildman–Crippen MR) is 83.2 cm³/mol. The number of carbonyl (C=O) groups is 1. The summed E-state index contributed by atoms with van der Waals surface area (Å²) in [7, 11) is -3.95. The zero-order valence-electron chi connectivity index (χ0n) is 12.2. The summed E-state index contributed by atoms with van der Waals surface area (Å²) in [5.41, 5.74) is 2.56. The molecule has 1 fully saturated rings. The molecule has 0 spiro atoms. The van der Waals surface area contributed by atoms with Gasteiger partial charge in [0.2, 0.25) is 10.0 Å². The quantitative estimate of drug-likeness (QED) is 0.619. The number of nitrogens with one attached hydrogen (secondary N) is 2. The first-order valence-corrected chi connectivity index (χ1v) is 8.80. The summed E-state index contributed by atoms with van der Waals surface area (Å²) in [5.74, 6) is -0.632. The fourth-order valence-electron chi connectivity index (χ4n) is 1.95. The molecule has 1 amide bonds. The molecule has 3 N–H and O–H groups in total. The Bertz CT molecular complexity index is 632. The van der Waals surface area contributed by atoms with E-state index in [1.807, 2.05) is 0 Å². The number of aliphatic hydroxyl groups excluding tert-OH is 1. The van der Waals surface area contributed by atoms with Crippen LogP contribution in [0.25, 0.3) is 0 Å². The number of benzene rings is 1. The van der Waals surface area contributed by atoms with Crippen LogP contribution < -0.4 is 10.1 Å². The third-order valence-corrected chi connectivity index (χ3v) is 4.94. The number of halogens is 1. The van der Waals surface area contributed by atoms with Crippen LogP contribution >= 0.6 is 11.6 Å². The lowest BCUT2D eigenvalue weighted by Gasteiger charge is -2.28. The van der Waals surface area contributed by atoms with Crippen molar-refractivity contribution in [2.45, 2.75) is 10.9 Å². The van der Waals surface area contributed by atoms with Gasteiger partial charge in [-0.3, -0.25) is 10.2 Å². The molecular weight excluding hydrogens is 346 g/mol. The molecule has 8 nitrogen and oxygen atoms in total. The highest BCUT2D eigenvalue weighted by molar-refractivity contribution is 7.89. The average molecular weight is 364 g/mol. The number of nitrogens with zero attached hydrogens (tertiary/aromatic N) is 1. The number of ether oxygens (including phenoxy) is 1.